The van der Waals surface area contributed by atoms with Crippen LogP contribution in [-0.2, 0) is 14.3 Å². The maximum absolute atomic E-state index is 12.6. The number of carboxylic acids is 1. The second-order valence-electron chi connectivity index (χ2n) is 6.92. The predicted molar refractivity (Wildman–Crippen MR) is 103 cm³/mol. The molecule has 1 unspecified atom stereocenters. The monoisotopic (exact) mass is 436 g/mol. The summed E-state index contributed by atoms with van der Waals surface area (Å²) in [4.78, 5) is 34.2. The fourth-order valence-electron chi connectivity index (χ4n) is 3.42. The van der Waals surface area contributed by atoms with Crippen molar-refractivity contribution < 1.29 is 37.4 Å². The number of nitrogens with one attached hydrogen (secondary N) is 2. The molecule has 164 valence electrons. The van der Waals surface area contributed by atoms with E-state index in [2.05, 4.69) is 5.32 Å². The quantitative estimate of drug-likeness (QED) is 0.619. The Morgan fingerprint density at radius 2 is 1.52 bits per heavy atom. The number of aliphatic carboxylic acids is 1. The van der Waals surface area contributed by atoms with Crippen LogP contribution in [0.5, 0.6) is 0 Å². The van der Waals surface area contributed by atoms with Gasteiger partial charge >= 0.3 is 18.2 Å². The third-order valence-electron chi connectivity index (χ3n) is 4.93. The zero-order chi connectivity index (χ0) is 22.6. The smallest absolute Gasteiger partial charge is 0.407 e. The van der Waals surface area contributed by atoms with Crippen molar-refractivity contribution in [1.29, 1.82) is 0 Å². The Hall–Kier alpha value is -3.56. The first-order valence-corrected chi connectivity index (χ1v) is 9.33. The average Bonchev–Trinajstić information content (AvgIpc) is 3.03. The van der Waals surface area contributed by atoms with E-state index in [1.165, 1.54) is 0 Å². The lowest BCUT2D eigenvalue weighted by molar-refractivity contribution is -0.192. The molecule has 0 bridgehead atoms. The molecular formula is C21H19F3N2O5. The number of alkyl carbamates (subject to hydrolysis) is 1. The summed E-state index contributed by atoms with van der Waals surface area (Å²) in [6, 6.07) is 15.4. The lowest BCUT2D eigenvalue weighted by atomic mass is 9.98. The molecule has 2 amide bonds. The SMILES string of the molecule is O=C(CNC(=O)OCC1c2ccccc2-c2ccccc21)NCC(C(=O)O)C(F)(F)F. The Morgan fingerprint density at radius 3 is 2.03 bits per heavy atom. The van der Waals surface area contributed by atoms with E-state index in [1.54, 1.807) is 0 Å². The minimum absolute atomic E-state index is 0.0106. The third-order valence-corrected chi connectivity index (χ3v) is 4.93. The second kappa shape index (κ2) is 9.07. The van der Waals surface area contributed by atoms with Crippen molar-refractivity contribution in [2.45, 2.75) is 12.1 Å². The summed E-state index contributed by atoms with van der Waals surface area (Å²) in [5.74, 6) is -5.98. The molecule has 1 aliphatic carbocycles. The van der Waals surface area contributed by atoms with Gasteiger partial charge in [-0.1, -0.05) is 48.5 Å². The van der Waals surface area contributed by atoms with Crippen molar-refractivity contribution >= 4 is 18.0 Å². The molecule has 3 N–H and O–H groups in total. The van der Waals surface area contributed by atoms with E-state index < -0.39 is 43.2 Å². The van der Waals surface area contributed by atoms with E-state index in [0.29, 0.717) is 0 Å². The third kappa shape index (κ3) is 5.14. The zero-order valence-corrected chi connectivity index (χ0v) is 16.1. The Balaban J connectivity index is 1.50. The molecule has 0 spiro atoms. The largest absolute Gasteiger partial charge is 0.481 e. The first-order chi connectivity index (χ1) is 14.7. The van der Waals surface area contributed by atoms with Crippen LogP contribution in [0.25, 0.3) is 11.1 Å². The molecule has 1 atom stereocenters. The summed E-state index contributed by atoms with van der Waals surface area (Å²) >= 11 is 0. The molecule has 1 aliphatic rings. The molecule has 7 nitrogen and oxygen atoms in total. The maximum atomic E-state index is 12.6. The van der Waals surface area contributed by atoms with Gasteiger partial charge in [-0.2, -0.15) is 13.2 Å². The Kier molecular flexibility index (Phi) is 6.47. The van der Waals surface area contributed by atoms with Gasteiger partial charge in [0.25, 0.3) is 0 Å². The number of carboxylic acid groups (broad SMARTS) is 1. The molecule has 0 aliphatic heterocycles. The van der Waals surface area contributed by atoms with Crippen LogP contribution in [0.15, 0.2) is 48.5 Å². The number of fused-ring (bicyclic) bond motifs is 3. The van der Waals surface area contributed by atoms with Crippen LogP contribution in [0.2, 0.25) is 0 Å². The molecule has 2 aromatic carbocycles. The standard InChI is InChI=1S/C21H19F3N2O5/c22-21(23,24)17(19(28)29)9-25-18(27)10-26-20(30)31-11-16-14-7-3-1-5-12(14)13-6-2-4-8-15(13)16/h1-8,16-17H,9-11H2,(H,25,27)(H,26,30)(H,28,29). The lowest BCUT2D eigenvalue weighted by Gasteiger charge is -2.17. The van der Waals surface area contributed by atoms with Crippen LogP contribution in [0.3, 0.4) is 0 Å². The van der Waals surface area contributed by atoms with E-state index in [9.17, 15) is 27.6 Å². The Labute approximate surface area is 175 Å². The zero-order valence-electron chi connectivity index (χ0n) is 16.1. The van der Waals surface area contributed by atoms with E-state index >= 15 is 0 Å². The van der Waals surface area contributed by atoms with Gasteiger partial charge in [0.15, 0.2) is 5.92 Å². The number of carbonyl (C=O) groups is 3. The van der Waals surface area contributed by atoms with E-state index in [0.717, 1.165) is 22.3 Å². The van der Waals surface area contributed by atoms with E-state index in [4.69, 9.17) is 9.84 Å². The predicted octanol–water partition coefficient (Wildman–Crippen LogP) is 2.90. The molecular weight excluding hydrogens is 417 g/mol. The molecule has 0 fully saturated rings. The van der Waals surface area contributed by atoms with Gasteiger partial charge in [-0.3, -0.25) is 9.59 Å². The highest BCUT2D eigenvalue weighted by Crippen LogP contribution is 2.44. The van der Waals surface area contributed by atoms with Gasteiger partial charge in [0.05, 0.1) is 6.54 Å². The van der Waals surface area contributed by atoms with Gasteiger partial charge < -0.3 is 20.5 Å². The molecule has 10 heteroatoms. The summed E-state index contributed by atoms with van der Waals surface area (Å²) in [6.07, 6.45) is -5.91. The van der Waals surface area contributed by atoms with Gasteiger partial charge in [0.1, 0.15) is 6.61 Å². The molecule has 0 saturated carbocycles. The summed E-state index contributed by atoms with van der Waals surface area (Å²) in [5, 5.41) is 12.6. The molecule has 0 saturated heterocycles. The number of rotatable bonds is 7. The summed E-state index contributed by atoms with van der Waals surface area (Å²) in [6.45, 7) is -1.78. The first kappa shape index (κ1) is 22.1. The Morgan fingerprint density at radius 1 is 0.968 bits per heavy atom. The minimum Gasteiger partial charge on any atom is -0.481 e. The topological polar surface area (TPSA) is 105 Å². The van der Waals surface area contributed by atoms with E-state index in [-0.39, 0.29) is 12.5 Å². The number of halogens is 3. The number of alkyl halides is 3. The second-order valence-corrected chi connectivity index (χ2v) is 6.92. The number of amides is 2. The van der Waals surface area contributed by atoms with Gasteiger partial charge in [0, 0.05) is 12.5 Å². The molecule has 0 heterocycles. The van der Waals surface area contributed by atoms with Crippen molar-refractivity contribution in [3.8, 4) is 11.1 Å². The molecule has 2 aromatic rings. The van der Waals surface area contributed by atoms with Crippen molar-refractivity contribution in [2.75, 3.05) is 19.7 Å². The molecule has 3 rings (SSSR count). The van der Waals surface area contributed by atoms with Gasteiger partial charge in [-0.25, -0.2) is 4.79 Å². The van der Waals surface area contributed by atoms with Crippen LogP contribution >= 0.6 is 0 Å². The summed E-state index contributed by atoms with van der Waals surface area (Å²) < 4.78 is 42.9. The van der Waals surface area contributed by atoms with Crippen LogP contribution in [0.4, 0.5) is 18.0 Å². The summed E-state index contributed by atoms with van der Waals surface area (Å²) in [7, 11) is 0. The highest BCUT2D eigenvalue weighted by Gasteiger charge is 2.45. The lowest BCUT2D eigenvalue weighted by Crippen LogP contribution is -2.44. The fraction of sp³-hybridized carbons (Fsp3) is 0.286. The Bertz CT molecular complexity index is 947. The van der Waals surface area contributed by atoms with Crippen LogP contribution in [0.1, 0.15) is 17.0 Å². The average molecular weight is 436 g/mol. The normalized spacial score (nSPS) is 13.6. The number of carbonyl (C=O) groups excluding carboxylic acids is 2. The molecule has 31 heavy (non-hydrogen) atoms. The van der Waals surface area contributed by atoms with Crippen LogP contribution in [-0.4, -0.2) is 48.9 Å². The number of hydrogen-bond acceptors (Lipinski definition) is 4. The van der Waals surface area contributed by atoms with E-state index in [1.807, 2.05) is 53.8 Å². The van der Waals surface area contributed by atoms with Crippen molar-refractivity contribution in [3.63, 3.8) is 0 Å². The van der Waals surface area contributed by atoms with Crippen LogP contribution < -0.4 is 10.6 Å². The number of benzene rings is 2. The molecule has 0 aromatic heterocycles. The highest BCUT2D eigenvalue weighted by molar-refractivity contribution is 5.83. The van der Waals surface area contributed by atoms with Crippen molar-refractivity contribution in [2.24, 2.45) is 5.92 Å². The van der Waals surface area contributed by atoms with Crippen molar-refractivity contribution in [3.05, 3.63) is 59.7 Å². The first-order valence-electron chi connectivity index (χ1n) is 9.33. The fourth-order valence-corrected chi connectivity index (χ4v) is 3.42. The maximum Gasteiger partial charge on any atom is 0.407 e. The summed E-state index contributed by atoms with van der Waals surface area (Å²) in [5.41, 5.74) is 4.09. The molecule has 0 radical (unpaired) electrons. The minimum atomic E-state index is -5.00. The van der Waals surface area contributed by atoms with Gasteiger partial charge in [-0.05, 0) is 22.3 Å². The number of ether oxygens (including phenoxy) is 1. The number of hydrogen-bond donors (Lipinski definition) is 3. The van der Waals surface area contributed by atoms with Crippen LogP contribution in [0, 0.1) is 5.92 Å². The highest BCUT2D eigenvalue weighted by atomic mass is 19.4. The van der Waals surface area contributed by atoms with Gasteiger partial charge in [-0.15, -0.1) is 0 Å². The van der Waals surface area contributed by atoms with Gasteiger partial charge in [0.2, 0.25) is 5.91 Å². The van der Waals surface area contributed by atoms with Crippen molar-refractivity contribution in [1.82, 2.24) is 10.6 Å².